The monoisotopic (exact) mass is 1470 g/mol. The average molecular weight is 1470 g/mol. The molecule has 10 bridgehead atoms. The van der Waals surface area contributed by atoms with Gasteiger partial charge in [0.2, 0.25) is 5.36 Å². The van der Waals surface area contributed by atoms with Crippen molar-refractivity contribution in [3.05, 3.63) is 176 Å². The van der Waals surface area contributed by atoms with E-state index >= 15 is 8.42 Å². The van der Waals surface area contributed by atoms with E-state index in [4.69, 9.17) is 8.60 Å². The van der Waals surface area contributed by atoms with Gasteiger partial charge in [-0.15, -0.1) is 0 Å². The normalized spacial score (nSPS) is 13.5. The Kier molecular flexibility index (Phi) is 18.9. The fourth-order valence-corrected chi connectivity index (χ4v) is 16.5. The van der Waals surface area contributed by atoms with Crippen LogP contribution >= 0.6 is 0 Å². The van der Waals surface area contributed by atoms with Crippen molar-refractivity contribution in [1.82, 2.24) is 4.58 Å². The molecule has 97 heavy (non-hydrogen) atoms. The Morgan fingerprint density at radius 2 is 0.784 bits per heavy atom. The Morgan fingerprint density at radius 1 is 0.433 bits per heavy atom. The number of phenols is 4. The first-order valence-corrected chi connectivity index (χ1v) is 38.8. The molecule has 28 nitrogen and oxygen atoms in total. The van der Waals surface area contributed by atoms with Crippen LogP contribution in [0.4, 0.5) is 5.69 Å². The van der Waals surface area contributed by atoms with E-state index in [0.29, 0.717) is 104 Å². The molecule has 0 atom stereocenters. The predicted octanol–water partition coefficient (Wildman–Crippen LogP) is 6.86. The van der Waals surface area contributed by atoms with Gasteiger partial charge in [0, 0.05) is 141 Å². The fraction of sp³-hybridized carbons (Fsp3) is 0.210. The zero-order valence-corrected chi connectivity index (χ0v) is 56.8. The zero-order valence-electron chi connectivity index (χ0n) is 51.1. The minimum absolute atomic E-state index is 0.0800. The number of phenolic OH excluding ortho intramolecular Hbond substituents is 4. The molecule has 7 aromatic carbocycles. The molecule has 0 amide bonds. The van der Waals surface area contributed by atoms with Crippen molar-refractivity contribution in [1.29, 1.82) is 0 Å². The van der Waals surface area contributed by atoms with Crippen LogP contribution in [0.3, 0.4) is 0 Å². The summed E-state index contributed by atoms with van der Waals surface area (Å²) < 4.78 is 269. The molecule has 0 saturated carbocycles. The first-order chi connectivity index (χ1) is 45.0. The summed E-state index contributed by atoms with van der Waals surface area (Å²) in [6, 6.07) is 18.3. The van der Waals surface area contributed by atoms with Crippen LogP contribution in [0.5, 0.6) is 28.7 Å². The van der Waals surface area contributed by atoms with Crippen LogP contribution in [-0.4, -0.2) is 133 Å². The second-order valence-electron chi connectivity index (χ2n) is 22.5. The zero-order chi connectivity index (χ0) is 71.2. The Labute approximate surface area is 556 Å². The van der Waals surface area contributed by atoms with Crippen LogP contribution in [0.15, 0.2) is 154 Å². The maximum absolute atomic E-state index is 15.3. The lowest BCUT2D eigenvalue weighted by molar-refractivity contribution is 0.451. The van der Waals surface area contributed by atoms with E-state index in [-0.39, 0.29) is 33.4 Å². The molecule has 1 aliphatic heterocycles. The molecule has 2 aliphatic carbocycles. The molecule has 0 radical (unpaired) electrons. The van der Waals surface area contributed by atoms with Crippen LogP contribution < -0.4 is 19.0 Å². The molecule has 0 spiro atoms. The van der Waals surface area contributed by atoms with Gasteiger partial charge in [-0.2, -0.15) is 50.5 Å². The number of aromatic hydroxyl groups is 4. The molecule has 0 saturated heterocycles. The fourth-order valence-electron chi connectivity index (χ4n) is 11.8. The van der Waals surface area contributed by atoms with Crippen molar-refractivity contribution in [2.45, 2.75) is 94.1 Å². The average Bonchev–Trinajstić information content (AvgIpc) is 0.735. The standard InChI is InChI=1S/C62H58N2O26S7/c1-5-63(6-2)43-9-12-51-54(30-43)89-55-31-44(64(7-3)8-4)10-13-52(55)57(51)53-14-11-45(32-56(53)96(84,85)86)97(87,88)90-62-41-18-39-26-48(93(75,76)77)24-37(60(39)67)16-35-22-46(91(69,70)71)20-33(58(35)65)15-34-21-47(92(72,73)74)23-36(59(34)66)17-38-25-49(94(78,79)80)27-40(61(38)68)19-42(62)29-50(28-41)95(81,82)83/h9-14,20-32H,5-8,15-19H2,1-4H3,(H9-,65,66,67,68,69,70,71,72,73,74,75,76,77,78,79,80,81,82,83,84,85,86). The predicted molar refractivity (Wildman–Crippen MR) is 346 cm³/mol. The number of rotatable bonds is 15. The van der Waals surface area contributed by atoms with Crippen molar-refractivity contribution >= 4 is 87.5 Å². The highest BCUT2D eigenvalue weighted by Gasteiger charge is 2.33. The smallest absolute Gasteiger partial charge is 0.339 e. The summed E-state index contributed by atoms with van der Waals surface area (Å²) in [6.45, 7) is 9.91. The van der Waals surface area contributed by atoms with Gasteiger partial charge in [0.1, 0.15) is 68.2 Å². The lowest BCUT2D eigenvalue weighted by Crippen LogP contribution is -2.29. The quantitative estimate of drug-likeness (QED) is 0.0219. The van der Waals surface area contributed by atoms with Gasteiger partial charge in [-0.3, -0.25) is 22.8 Å². The molecule has 35 heteroatoms. The van der Waals surface area contributed by atoms with Crippen molar-refractivity contribution in [3.8, 4) is 51.2 Å². The van der Waals surface area contributed by atoms with Crippen LogP contribution in [0.2, 0.25) is 0 Å². The molecule has 0 unspecified atom stereocenters. The van der Waals surface area contributed by atoms with Gasteiger partial charge in [0.15, 0.2) is 0 Å². The molecule has 7 aromatic rings. The first-order valence-electron chi connectivity index (χ1n) is 28.8. The van der Waals surface area contributed by atoms with Crippen molar-refractivity contribution in [2.24, 2.45) is 0 Å². The van der Waals surface area contributed by atoms with E-state index in [1.54, 1.807) is 36.4 Å². The summed E-state index contributed by atoms with van der Waals surface area (Å²) in [6.07, 6.45) is -5.27. The summed E-state index contributed by atoms with van der Waals surface area (Å²) in [4.78, 5) is -5.78. The third-order valence-corrected chi connectivity index (χ3v) is 22.7. The second-order valence-corrected chi connectivity index (χ2v) is 32.5. The van der Waals surface area contributed by atoms with Crippen LogP contribution in [0, 0.1) is 0 Å². The van der Waals surface area contributed by atoms with Gasteiger partial charge in [-0.25, -0.2) is 13.0 Å². The summed E-state index contributed by atoms with van der Waals surface area (Å²) in [5.41, 5.74) is -5.99. The van der Waals surface area contributed by atoms with E-state index in [1.807, 2.05) is 37.2 Å². The van der Waals surface area contributed by atoms with Crippen molar-refractivity contribution in [3.63, 3.8) is 0 Å². The molecule has 1 heterocycles. The topological polar surface area (TPSA) is 473 Å². The molecule has 10 rings (SSSR count). The third kappa shape index (κ3) is 14.6. The minimum atomic E-state index is -5.79. The lowest BCUT2D eigenvalue weighted by Gasteiger charge is -2.23. The number of hydrogen-bond acceptors (Lipinski definition) is 22. The van der Waals surface area contributed by atoms with E-state index in [0.717, 1.165) is 12.1 Å². The Balaban J connectivity index is 1.27. The van der Waals surface area contributed by atoms with Crippen LogP contribution in [0.1, 0.15) is 83.3 Å². The molecule has 9 N–H and O–H groups in total. The highest BCUT2D eigenvalue weighted by atomic mass is 32.2. The number of fused-ring (bicyclic) bond motifs is 12. The van der Waals surface area contributed by atoms with E-state index in [9.17, 15) is 98.2 Å². The highest BCUT2D eigenvalue weighted by molar-refractivity contribution is 7.88. The van der Waals surface area contributed by atoms with E-state index < -0.39 is 222 Å². The first kappa shape index (κ1) is 71.2. The molecule has 514 valence electrons. The van der Waals surface area contributed by atoms with Crippen LogP contribution in [-0.2, 0) is 103 Å². The summed E-state index contributed by atoms with van der Waals surface area (Å²) in [5, 5.41) is 49.1. The van der Waals surface area contributed by atoms with E-state index in [1.165, 1.54) is 0 Å². The van der Waals surface area contributed by atoms with Gasteiger partial charge >= 0.3 is 10.1 Å². The number of nitrogens with zero attached hydrogens (tertiary/aromatic N) is 2. The maximum Gasteiger partial charge on any atom is 0.339 e. The summed E-state index contributed by atoms with van der Waals surface area (Å²) in [7, 11) is -38.8. The van der Waals surface area contributed by atoms with E-state index in [2.05, 4.69) is 0 Å². The summed E-state index contributed by atoms with van der Waals surface area (Å²) >= 11 is 0. The molecule has 0 fully saturated rings. The minimum Gasteiger partial charge on any atom is -0.744 e. The van der Waals surface area contributed by atoms with Crippen LogP contribution in [0.25, 0.3) is 33.4 Å². The van der Waals surface area contributed by atoms with Gasteiger partial charge in [0.25, 0.3) is 50.6 Å². The Bertz CT molecular complexity index is 5510. The molecular weight excluding hydrogens is 1410 g/mol. The highest BCUT2D eigenvalue weighted by Crippen LogP contribution is 2.46. The summed E-state index contributed by atoms with van der Waals surface area (Å²) in [5.74, 6) is -4.98. The number of hydrogen-bond donors (Lipinski definition) is 9. The second kappa shape index (κ2) is 25.7. The number of anilines is 1. The Morgan fingerprint density at radius 3 is 1.12 bits per heavy atom. The number of benzene rings is 8. The van der Waals surface area contributed by atoms with Gasteiger partial charge in [-0.05, 0) is 119 Å². The molecule has 3 aliphatic rings. The van der Waals surface area contributed by atoms with Gasteiger partial charge in [-0.1, -0.05) is 6.07 Å². The third-order valence-electron chi connectivity index (χ3n) is 16.5. The largest absolute Gasteiger partial charge is 0.744 e. The molecular formula is C62H58N2O26S7. The van der Waals surface area contributed by atoms with Crippen molar-refractivity contribution in [2.75, 3.05) is 31.1 Å². The lowest BCUT2D eigenvalue weighted by atomic mass is 9.91. The van der Waals surface area contributed by atoms with Gasteiger partial charge in [0.05, 0.1) is 35.4 Å². The Hall–Kier alpha value is -8.56. The van der Waals surface area contributed by atoms with Crippen molar-refractivity contribution < 1.29 is 115 Å². The van der Waals surface area contributed by atoms with Gasteiger partial charge < -0.3 is 38.5 Å². The SMILES string of the molecule is CCN(CC)c1ccc2c(-c3ccc(S(=O)(=O)Oc4c5cc(S(=O)(=O)O)cc4Cc4cc(S(=O)(=O)O)cc(c4O)Cc4cc(S(=O)(=O)O)cc(c4O)Cc4cc(S(=O)(=O)O)cc(c4O)Cc4cc(S(=O)(=O)O)cc(c4O)C5)cc3S(=O)(=O)[O-])c3ccc(=[N+](CC)CC)cc-3oc2c1. The maximum atomic E-state index is 15.3. The molecule has 0 aromatic heterocycles.